The summed E-state index contributed by atoms with van der Waals surface area (Å²) in [6.07, 6.45) is 3.74. The Balaban J connectivity index is 2.00. The molecule has 2 N–H and O–H groups in total. The third kappa shape index (κ3) is 3.68. The predicted octanol–water partition coefficient (Wildman–Crippen LogP) is 3.40. The Morgan fingerprint density at radius 1 is 1.32 bits per heavy atom. The standard InChI is InChI=1S/C14H14N2OS2/c1-19-11-6-4-10(5-7-11)9-16-13(17)12-3-2-8-15-14(12)18/h2-8H,9H2,1H3,(H,15,18)(H,16,17). The lowest BCUT2D eigenvalue weighted by atomic mass is 10.2. The first kappa shape index (κ1) is 13.8. The van der Waals surface area contributed by atoms with E-state index in [4.69, 9.17) is 12.2 Å². The van der Waals surface area contributed by atoms with Crippen molar-refractivity contribution in [3.8, 4) is 0 Å². The highest BCUT2D eigenvalue weighted by atomic mass is 32.2. The van der Waals surface area contributed by atoms with Crippen LogP contribution in [0.3, 0.4) is 0 Å². The second-order valence-corrected chi connectivity index (χ2v) is 5.23. The fourth-order valence-electron chi connectivity index (χ4n) is 1.62. The SMILES string of the molecule is CSc1ccc(CNC(=O)c2ccc[nH]c2=S)cc1. The minimum absolute atomic E-state index is 0.157. The summed E-state index contributed by atoms with van der Waals surface area (Å²) in [5.74, 6) is -0.157. The van der Waals surface area contributed by atoms with Crippen LogP contribution in [0.2, 0.25) is 0 Å². The second-order valence-electron chi connectivity index (χ2n) is 3.94. The van der Waals surface area contributed by atoms with Crippen LogP contribution in [0.25, 0.3) is 0 Å². The van der Waals surface area contributed by atoms with E-state index in [1.165, 1.54) is 4.90 Å². The lowest BCUT2D eigenvalue weighted by Crippen LogP contribution is -2.23. The Bertz CT molecular complexity index is 620. The number of hydrogen-bond donors (Lipinski definition) is 2. The molecule has 3 nitrogen and oxygen atoms in total. The molecule has 2 aromatic rings. The smallest absolute Gasteiger partial charge is 0.254 e. The number of benzene rings is 1. The topological polar surface area (TPSA) is 44.9 Å². The molecule has 1 amide bonds. The van der Waals surface area contributed by atoms with Crippen molar-refractivity contribution in [1.29, 1.82) is 0 Å². The molecule has 1 aromatic carbocycles. The summed E-state index contributed by atoms with van der Waals surface area (Å²) in [7, 11) is 0. The molecule has 19 heavy (non-hydrogen) atoms. The maximum absolute atomic E-state index is 12.0. The van der Waals surface area contributed by atoms with E-state index in [0.29, 0.717) is 16.7 Å². The van der Waals surface area contributed by atoms with Gasteiger partial charge in [-0.2, -0.15) is 0 Å². The van der Waals surface area contributed by atoms with Gasteiger partial charge in [0.05, 0.1) is 5.56 Å². The molecule has 0 saturated heterocycles. The molecular formula is C14H14N2OS2. The third-order valence-electron chi connectivity index (χ3n) is 2.67. The zero-order valence-electron chi connectivity index (χ0n) is 10.5. The molecule has 0 aliphatic heterocycles. The molecule has 0 aliphatic carbocycles. The molecule has 0 spiro atoms. The van der Waals surface area contributed by atoms with E-state index >= 15 is 0 Å². The zero-order valence-corrected chi connectivity index (χ0v) is 12.1. The average molecular weight is 290 g/mol. The van der Waals surface area contributed by atoms with Crippen LogP contribution in [0.4, 0.5) is 0 Å². The van der Waals surface area contributed by atoms with Crippen molar-refractivity contribution in [2.45, 2.75) is 11.4 Å². The van der Waals surface area contributed by atoms with Gasteiger partial charge in [0, 0.05) is 17.6 Å². The average Bonchev–Trinajstić information content (AvgIpc) is 2.46. The molecule has 0 atom stereocenters. The minimum atomic E-state index is -0.157. The van der Waals surface area contributed by atoms with E-state index in [9.17, 15) is 4.79 Å². The van der Waals surface area contributed by atoms with Gasteiger partial charge in [0.15, 0.2) is 0 Å². The van der Waals surface area contributed by atoms with Crippen molar-refractivity contribution in [2.75, 3.05) is 6.26 Å². The third-order valence-corrected chi connectivity index (χ3v) is 3.76. The summed E-state index contributed by atoms with van der Waals surface area (Å²) in [6, 6.07) is 11.6. The highest BCUT2D eigenvalue weighted by Gasteiger charge is 2.06. The van der Waals surface area contributed by atoms with Gasteiger partial charge in [-0.25, -0.2) is 0 Å². The Morgan fingerprint density at radius 2 is 2.05 bits per heavy atom. The monoisotopic (exact) mass is 290 g/mol. The zero-order chi connectivity index (χ0) is 13.7. The van der Waals surface area contributed by atoms with Gasteiger partial charge in [-0.1, -0.05) is 24.4 Å². The maximum Gasteiger partial charge on any atom is 0.254 e. The molecule has 5 heteroatoms. The Morgan fingerprint density at radius 3 is 2.68 bits per heavy atom. The summed E-state index contributed by atoms with van der Waals surface area (Å²) in [4.78, 5) is 16.0. The maximum atomic E-state index is 12.0. The van der Waals surface area contributed by atoms with Crippen LogP contribution in [0.15, 0.2) is 47.5 Å². The van der Waals surface area contributed by atoms with E-state index in [2.05, 4.69) is 10.3 Å². The number of pyridine rings is 1. The minimum Gasteiger partial charge on any atom is -0.352 e. The number of aromatic nitrogens is 1. The first-order chi connectivity index (χ1) is 9.20. The molecule has 0 aliphatic rings. The van der Waals surface area contributed by atoms with E-state index < -0.39 is 0 Å². The number of nitrogens with one attached hydrogen (secondary N) is 2. The second kappa shape index (κ2) is 6.54. The van der Waals surface area contributed by atoms with Gasteiger partial charge in [0.25, 0.3) is 5.91 Å². The van der Waals surface area contributed by atoms with Gasteiger partial charge in [-0.3, -0.25) is 4.79 Å². The molecule has 0 fully saturated rings. The van der Waals surface area contributed by atoms with E-state index in [0.717, 1.165) is 5.56 Å². The van der Waals surface area contributed by atoms with Gasteiger partial charge in [-0.15, -0.1) is 11.8 Å². The van der Waals surface area contributed by atoms with Gasteiger partial charge in [0.1, 0.15) is 4.64 Å². The highest BCUT2D eigenvalue weighted by Crippen LogP contribution is 2.14. The number of carbonyl (C=O) groups excluding carboxylic acids is 1. The highest BCUT2D eigenvalue weighted by molar-refractivity contribution is 7.98. The Hall–Kier alpha value is -1.59. The van der Waals surface area contributed by atoms with Gasteiger partial charge in [0.2, 0.25) is 0 Å². The van der Waals surface area contributed by atoms with Crippen molar-refractivity contribution in [3.05, 3.63) is 58.4 Å². The quantitative estimate of drug-likeness (QED) is 0.670. The van der Waals surface area contributed by atoms with Gasteiger partial charge < -0.3 is 10.3 Å². The van der Waals surface area contributed by atoms with Gasteiger partial charge in [-0.05, 0) is 36.1 Å². The van der Waals surface area contributed by atoms with Crippen LogP contribution in [0.5, 0.6) is 0 Å². The molecule has 2 rings (SSSR count). The van der Waals surface area contributed by atoms with Crippen molar-refractivity contribution >= 4 is 29.9 Å². The number of rotatable bonds is 4. The van der Waals surface area contributed by atoms with Crippen LogP contribution >= 0.6 is 24.0 Å². The molecule has 0 saturated carbocycles. The Labute approximate surface area is 121 Å². The van der Waals surface area contributed by atoms with Crippen LogP contribution in [0.1, 0.15) is 15.9 Å². The molecule has 0 unspecified atom stereocenters. The van der Waals surface area contributed by atoms with E-state index in [1.54, 1.807) is 30.1 Å². The summed E-state index contributed by atoms with van der Waals surface area (Å²) in [5, 5.41) is 2.86. The molecular weight excluding hydrogens is 276 g/mol. The normalized spacial score (nSPS) is 10.2. The molecule has 98 valence electrons. The first-order valence-electron chi connectivity index (χ1n) is 5.79. The van der Waals surface area contributed by atoms with Crippen LogP contribution < -0.4 is 5.32 Å². The van der Waals surface area contributed by atoms with Crippen molar-refractivity contribution in [3.63, 3.8) is 0 Å². The van der Waals surface area contributed by atoms with Gasteiger partial charge >= 0.3 is 0 Å². The molecule has 0 radical (unpaired) electrons. The fraction of sp³-hybridized carbons (Fsp3) is 0.143. The molecule has 1 heterocycles. The summed E-state index contributed by atoms with van der Waals surface area (Å²) >= 11 is 6.77. The number of carbonyl (C=O) groups is 1. The van der Waals surface area contributed by atoms with Crippen LogP contribution in [0, 0.1) is 4.64 Å². The lowest BCUT2D eigenvalue weighted by Gasteiger charge is -2.06. The summed E-state index contributed by atoms with van der Waals surface area (Å²) in [6.45, 7) is 0.497. The van der Waals surface area contributed by atoms with Crippen molar-refractivity contribution in [2.24, 2.45) is 0 Å². The number of hydrogen-bond acceptors (Lipinski definition) is 3. The molecule has 1 aromatic heterocycles. The van der Waals surface area contributed by atoms with E-state index in [1.807, 2.05) is 30.5 Å². The predicted molar refractivity (Wildman–Crippen MR) is 81.0 cm³/mol. The summed E-state index contributed by atoms with van der Waals surface area (Å²) < 4.78 is 0.456. The van der Waals surface area contributed by atoms with Crippen molar-refractivity contribution < 1.29 is 4.79 Å². The van der Waals surface area contributed by atoms with Crippen molar-refractivity contribution in [1.82, 2.24) is 10.3 Å². The van der Waals surface area contributed by atoms with E-state index in [-0.39, 0.29) is 5.91 Å². The largest absolute Gasteiger partial charge is 0.352 e. The summed E-state index contributed by atoms with van der Waals surface area (Å²) in [5.41, 5.74) is 1.57. The lowest BCUT2D eigenvalue weighted by molar-refractivity contribution is 0.0950. The number of thioether (sulfide) groups is 1. The Kier molecular flexibility index (Phi) is 4.76. The number of aromatic amines is 1. The number of H-pyrrole nitrogens is 1. The van der Waals surface area contributed by atoms with Crippen LogP contribution in [-0.4, -0.2) is 17.1 Å². The first-order valence-corrected chi connectivity index (χ1v) is 7.43. The fourth-order valence-corrected chi connectivity index (χ4v) is 2.26. The molecule has 0 bridgehead atoms. The van der Waals surface area contributed by atoms with Crippen LogP contribution in [-0.2, 0) is 6.54 Å². The number of amides is 1.